The summed E-state index contributed by atoms with van der Waals surface area (Å²) in [6.45, 7) is 3.02. The van der Waals surface area contributed by atoms with Gasteiger partial charge in [0.1, 0.15) is 0 Å². The molecule has 0 amide bonds. The van der Waals surface area contributed by atoms with Crippen molar-refractivity contribution in [2.45, 2.75) is 25.9 Å². The smallest absolute Gasteiger partial charge is 0.345 e. The van der Waals surface area contributed by atoms with Crippen molar-refractivity contribution in [2.24, 2.45) is 0 Å². The second-order valence-corrected chi connectivity index (χ2v) is 4.32. The molecule has 1 rings (SSSR count). The Kier molecular flexibility index (Phi) is 3.50. The molecule has 82 valence electrons. The molecule has 1 N–H and O–H groups in total. The predicted octanol–water partition coefficient (Wildman–Crippen LogP) is 3.28. The third-order valence-electron chi connectivity index (χ3n) is 2.38. The Hall–Kier alpha value is -0.900. The molecule has 1 aromatic carbocycles. The van der Waals surface area contributed by atoms with Gasteiger partial charge in [-0.15, -0.1) is 0 Å². The molecule has 2 nitrogen and oxygen atoms in total. The van der Waals surface area contributed by atoms with Crippen LogP contribution in [0.5, 0.6) is 0 Å². The molecule has 1 atom stereocenters. The summed E-state index contributed by atoms with van der Waals surface area (Å²) in [5.74, 6) is -1.47. The van der Waals surface area contributed by atoms with Crippen molar-refractivity contribution in [3.63, 3.8) is 0 Å². The summed E-state index contributed by atoms with van der Waals surface area (Å²) in [7, 11) is 0. The van der Waals surface area contributed by atoms with Gasteiger partial charge in [0.25, 0.3) is 0 Å². The molecule has 15 heavy (non-hydrogen) atoms. The number of carbonyl (C=O) groups is 1. The van der Waals surface area contributed by atoms with Crippen LogP contribution in [0, 0.1) is 0 Å². The largest absolute Gasteiger partial charge is 0.479 e. The molecule has 1 unspecified atom stereocenters. The third kappa shape index (κ3) is 2.37. The van der Waals surface area contributed by atoms with Gasteiger partial charge in [0.2, 0.25) is 5.67 Å². The zero-order chi connectivity index (χ0) is 11.6. The van der Waals surface area contributed by atoms with E-state index in [1.165, 1.54) is 12.1 Å². The molecule has 0 aromatic heterocycles. The van der Waals surface area contributed by atoms with E-state index in [-0.39, 0.29) is 5.56 Å². The fourth-order valence-electron chi connectivity index (χ4n) is 1.25. The van der Waals surface area contributed by atoms with Crippen molar-refractivity contribution < 1.29 is 14.3 Å². The maximum Gasteiger partial charge on any atom is 0.345 e. The lowest BCUT2D eigenvalue weighted by Gasteiger charge is -2.16. The van der Waals surface area contributed by atoms with Gasteiger partial charge in [0.15, 0.2) is 0 Å². The molecule has 0 spiro atoms. The van der Waals surface area contributed by atoms with E-state index >= 15 is 0 Å². The number of carboxylic acid groups (broad SMARTS) is 1. The molecule has 0 aliphatic heterocycles. The summed E-state index contributed by atoms with van der Waals surface area (Å²) in [4.78, 5) is 10.7. The van der Waals surface area contributed by atoms with Crippen molar-refractivity contribution in [1.29, 1.82) is 0 Å². The van der Waals surface area contributed by atoms with E-state index in [0.29, 0.717) is 0 Å². The third-order valence-corrected chi connectivity index (χ3v) is 3.12. The van der Waals surface area contributed by atoms with Crippen molar-refractivity contribution in [3.05, 3.63) is 33.8 Å². The SMILES string of the molecule is CCc1ccc(C(C)(F)C(=O)O)cc1Br. The molecule has 0 bridgehead atoms. The van der Waals surface area contributed by atoms with Gasteiger partial charge in [-0.05, 0) is 25.0 Å². The Morgan fingerprint density at radius 2 is 2.20 bits per heavy atom. The second-order valence-electron chi connectivity index (χ2n) is 3.47. The lowest BCUT2D eigenvalue weighted by Crippen LogP contribution is -2.26. The summed E-state index contributed by atoms with van der Waals surface area (Å²) in [6.07, 6.45) is 0.816. The van der Waals surface area contributed by atoms with E-state index < -0.39 is 11.6 Å². The quantitative estimate of drug-likeness (QED) is 0.919. The van der Waals surface area contributed by atoms with E-state index in [4.69, 9.17) is 5.11 Å². The highest BCUT2D eigenvalue weighted by Crippen LogP contribution is 2.29. The van der Waals surface area contributed by atoms with E-state index in [2.05, 4.69) is 15.9 Å². The minimum atomic E-state index is -2.34. The molecular formula is C11H12BrFO2. The summed E-state index contributed by atoms with van der Waals surface area (Å²) >= 11 is 3.29. The first-order valence-electron chi connectivity index (χ1n) is 4.60. The lowest BCUT2D eigenvalue weighted by molar-refractivity contribution is -0.150. The first-order valence-corrected chi connectivity index (χ1v) is 5.40. The van der Waals surface area contributed by atoms with E-state index in [1.54, 1.807) is 6.07 Å². The monoisotopic (exact) mass is 274 g/mol. The van der Waals surface area contributed by atoms with Crippen LogP contribution in [-0.4, -0.2) is 11.1 Å². The van der Waals surface area contributed by atoms with Crippen LogP contribution < -0.4 is 0 Å². The average Bonchev–Trinajstić information content (AvgIpc) is 2.17. The Balaban J connectivity index is 3.18. The molecule has 0 fully saturated rings. The first kappa shape index (κ1) is 12.2. The van der Waals surface area contributed by atoms with Crippen LogP contribution in [0.4, 0.5) is 4.39 Å². The van der Waals surface area contributed by atoms with Crippen LogP contribution in [0.2, 0.25) is 0 Å². The second kappa shape index (κ2) is 4.31. The standard InChI is InChI=1S/C11H12BrFO2/c1-3-7-4-5-8(6-9(7)12)11(2,13)10(14)15/h4-6H,3H2,1-2H3,(H,14,15). The Morgan fingerprint density at radius 3 is 2.60 bits per heavy atom. The van der Waals surface area contributed by atoms with Crippen LogP contribution in [0.15, 0.2) is 22.7 Å². The van der Waals surface area contributed by atoms with E-state index in [9.17, 15) is 9.18 Å². The summed E-state index contributed by atoms with van der Waals surface area (Å²) < 4.78 is 14.5. The topological polar surface area (TPSA) is 37.3 Å². The van der Waals surface area contributed by atoms with Crippen molar-refractivity contribution in [3.8, 4) is 0 Å². The molecule has 0 radical (unpaired) electrons. The number of aliphatic carboxylic acids is 1. The van der Waals surface area contributed by atoms with Crippen LogP contribution >= 0.6 is 15.9 Å². The first-order chi connectivity index (χ1) is 6.89. The molecule has 0 saturated heterocycles. The molecule has 4 heteroatoms. The fraction of sp³-hybridized carbons (Fsp3) is 0.364. The highest BCUT2D eigenvalue weighted by atomic mass is 79.9. The Labute approximate surface area is 96.2 Å². The highest BCUT2D eigenvalue weighted by Gasteiger charge is 2.35. The molecular weight excluding hydrogens is 263 g/mol. The molecule has 0 heterocycles. The van der Waals surface area contributed by atoms with Crippen molar-refractivity contribution in [2.75, 3.05) is 0 Å². The number of halogens is 2. The predicted molar refractivity (Wildman–Crippen MR) is 59.6 cm³/mol. The highest BCUT2D eigenvalue weighted by molar-refractivity contribution is 9.10. The maximum absolute atomic E-state index is 13.7. The summed E-state index contributed by atoms with van der Waals surface area (Å²) in [5.41, 5.74) is -1.16. The summed E-state index contributed by atoms with van der Waals surface area (Å²) in [6, 6.07) is 4.77. The number of rotatable bonds is 3. The number of carboxylic acids is 1. The molecule has 0 saturated carbocycles. The number of hydrogen-bond acceptors (Lipinski definition) is 1. The molecule has 0 aliphatic carbocycles. The maximum atomic E-state index is 13.7. The van der Waals surface area contributed by atoms with Gasteiger partial charge in [-0.25, -0.2) is 9.18 Å². The van der Waals surface area contributed by atoms with Crippen molar-refractivity contribution >= 4 is 21.9 Å². The Morgan fingerprint density at radius 1 is 1.60 bits per heavy atom. The van der Waals surface area contributed by atoms with Gasteiger partial charge in [0, 0.05) is 10.0 Å². The Bertz CT molecular complexity index is 388. The van der Waals surface area contributed by atoms with Crippen LogP contribution in [0.25, 0.3) is 0 Å². The zero-order valence-corrected chi connectivity index (χ0v) is 10.1. The van der Waals surface area contributed by atoms with E-state index in [0.717, 1.165) is 23.4 Å². The van der Waals surface area contributed by atoms with Crippen molar-refractivity contribution in [1.82, 2.24) is 0 Å². The zero-order valence-electron chi connectivity index (χ0n) is 8.55. The van der Waals surface area contributed by atoms with Gasteiger partial charge < -0.3 is 5.11 Å². The van der Waals surface area contributed by atoms with Gasteiger partial charge in [0.05, 0.1) is 0 Å². The van der Waals surface area contributed by atoms with Crippen LogP contribution in [0.3, 0.4) is 0 Å². The van der Waals surface area contributed by atoms with Gasteiger partial charge >= 0.3 is 5.97 Å². The number of alkyl halides is 1. The van der Waals surface area contributed by atoms with E-state index in [1.807, 2.05) is 6.92 Å². The minimum Gasteiger partial charge on any atom is -0.479 e. The normalized spacial score (nSPS) is 14.7. The van der Waals surface area contributed by atoms with Gasteiger partial charge in [-0.1, -0.05) is 35.0 Å². The minimum absolute atomic E-state index is 0.152. The fourth-order valence-corrected chi connectivity index (χ4v) is 1.91. The lowest BCUT2D eigenvalue weighted by atomic mass is 9.96. The van der Waals surface area contributed by atoms with Gasteiger partial charge in [-0.3, -0.25) is 0 Å². The van der Waals surface area contributed by atoms with Crippen LogP contribution in [-0.2, 0) is 16.9 Å². The molecule has 0 aliphatic rings. The molecule has 1 aromatic rings. The number of aryl methyl sites for hydroxylation is 1. The average molecular weight is 275 g/mol. The number of hydrogen-bond donors (Lipinski definition) is 1. The van der Waals surface area contributed by atoms with Crippen LogP contribution in [0.1, 0.15) is 25.0 Å². The number of benzene rings is 1. The van der Waals surface area contributed by atoms with Gasteiger partial charge in [-0.2, -0.15) is 0 Å². The summed E-state index contributed by atoms with van der Waals surface area (Å²) in [5, 5.41) is 8.72.